The normalized spacial score (nSPS) is 14.3. The Bertz CT molecular complexity index is 822. The number of hydrogen-bond donors (Lipinski definition) is 1. The quantitative estimate of drug-likeness (QED) is 0.866. The van der Waals surface area contributed by atoms with Crippen molar-refractivity contribution in [3.63, 3.8) is 0 Å². The molecular formula is C14H12F2N2O2S. The van der Waals surface area contributed by atoms with Gasteiger partial charge in [0.15, 0.2) is 11.6 Å². The maximum absolute atomic E-state index is 13.3. The van der Waals surface area contributed by atoms with Gasteiger partial charge in [-0.3, -0.25) is 4.31 Å². The molecule has 0 saturated carbocycles. The lowest BCUT2D eigenvalue weighted by Gasteiger charge is -2.21. The fourth-order valence-electron chi connectivity index (χ4n) is 2.46. The molecule has 0 bridgehead atoms. The number of fused-ring (bicyclic) bond motifs is 1. The van der Waals surface area contributed by atoms with E-state index >= 15 is 0 Å². The molecule has 0 aromatic heterocycles. The first-order valence-electron chi connectivity index (χ1n) is 6.26. The molecule has 0 unspecified atom stereocenters. The summed E-state index contributed by atoms with van der Waals surface area (Å²) in [6, 6.07) is 7.69. The second-order valence-electron chi connectivity index (χ2n) is 4.76. The fraction of sp³-hybridized carbons (Fsp3) is 0.143. The summed E-state index contributed by atoms with van der Waals surface area (Å²) in [5.74, 6) is -2.29. The van der Waals surface area contributed by atoms with Crippen molar-refractivity contribution >= 4 is 21.4 Å². The van der Waals surface area contributed by atoms with Crippen molar-refractivity contribution in [3.8, 4) is 0 Å². The number of para-hydroxylation sites is 1. The SMILES string of the molecule is Nc1cccc2c1N(S(=O)(=O)c1ccc(F)c(F)c1)CC2. The van der Waals surface area contributed by atoms with E-state index in [1.807, 2.05) is 0 Å². The van der Waals surface area contributed by atoms with Crippen LogP contribution in [0.2, 0.25) is 0 Å². The van der Waals surface area contributed by atoms with E-state index in [0.717, 1.165) is 22.0 Å². The van der Waals surface area contributed by atoms with Gasteiger partial charge in [0.25, 0.3) is 10.0 Å². The topological polar surface area (TPSA) is 63.4 Å². The first-order valence-corrected chi connectivity index (χ1v) is 7.70. The summed E-state index contributed by atoms with van der Waals surface area (Å²) in [7, 11) is -3.97. The van der Waals surface area contributed by atoms with Crippen molar-refractivity contribution in [1.82, 2.24) is 0 Å². The smallest absolute Gasteiger partial charge is 0.264 e. The van der Waals surface area contributed by atoms with E-state index in [-0.39, 0.29) is 11.4 Å². The molecule has 0 radical (unpaired) electrons. The van der Waals surface area contributed by atoms with Gasteiger partial charge in [0, 0.05) is 6.54 Å². The molecule has 0 atom stereocenters. The molecule has 2 aromatic rings. The molecule has 0 amide bonds. The lowest BCUT2D eigenvalue weighted by atomic mass is 10.1. The second kappa shape index (κ2) is 4.70. The number of sulfonamides is 1. The highest BCUT2D eigenvalue weighted by atomic mass is 32.2. The zero-order valence-corrected chi connectivity index (χ0v) is 11.7. The van der Waals surface area contributed by atoms with Crippen molar-refractivity contribution in [1.29, 1.82) is 0 Å². The Balaban J connectivity index is 2.11. The Morgan fingerprint density at radius 1 is 1.10 bits per heavy atom. The van der Waals surface area contributed by atoms with Crippen LogP contribution in [0.1, 0.15) is 5.56 Å². The summed E-state index contributed by atoms with van der Waals surface area (Å²) in [5.41, 5.74) is 7.43. The fourth-order valence-corrected chi connectivity index (χ4v) is 4.00. The number of halogens is 2. The van der Waals surface area contributed by atoms with Gasteiger partial charge >= 0.3 is 0 Å². The number of nitrogen functional groups attached to an aromatic ring is 1. The largest absolute Gasteiger partial charge is 0.397 e. The van der Waals surface area contributed by atoms with Crippen LogP contribution in [-0.4, -0.2) is 15.0 Å². The van der Waals surface area contributed by atoms with E-state index in [0.29, 0.717) is 23.9 Å². The van der Waals surface area contributed by atoms with Gasteiger partial charge < -0.3 is 5.73 Å². The van der Waals surface area contributed by atoms with E-state index in [2.05, 4.69) is 0 Å². The van der Waals surface area contributed by atoms with E-state index in [9.17, 15) is 17.2 Å². The number of rotatable bonds is 2. The van der Waals surface area contributed by atoms with Crippen LogP contribution in [0.25, 0.3) is 0 Å². The highest BCUT2D eigenvalue weighted by Gasteiger charge is 2.32. The Labute approximate surface area is 120 Å². The van der Waals surface area contributed by atoms with Crippen LogP contribution in [0.15, 0.2) is 41.3 Å². The molecule has 2 N–H and O–H groups in total. The standard InChI is InChI=1S/C14H12F2N2O2S/c15-11-5-4-10(8-12(11)16)21(19,20)18-7-6-9-2-1-3-13(17)14(9)18/h1-5,8H,6-7,17H2. The van der Waals surface area contributed by atoms with Gasteiger partial charge in [-0.25, -0.2) is 17.2 Å². The molecule has 0 spiro atoms. The van der Waals surface area contributed by atoms with Crippen LogP contribution in [0.5, 0.6) is 0 Å². The van der Waals surface area contributed by atoms with Gasteiger partial charge in [0.2, 0.25) is 0 Å². The predicted octanol–water partition coefficient (Wildman–Crippen LogP) is 2.30. The number of hydrogen-bond acceptors (Lipinski definition) is 3. The van der Waals surface area contributed by atoms with Crippen LogP contribution >= 0.6 is 0 Å². The Morgan fingerprint density at radius 2 is 1.86 bits per heavy atom. The lowest BCUT2D eigenvalue weighted by Crippen LogP contribution is -2.29. The van der Waals surface area contributed by atoms with Gasteiger partial charge in [-0.05, 0) is 36.2 Å². The maximum Gasteiger partial charge on any atom is 0.264 e. The van der Waals surface area contributed by atoms with Gasteiger partial charge in [0.05, 0.1) is 16.3 Å². The van der Waals surface area contributed by atoms with Crippen molar-refractivity contribution < 1.29 is 17.2 Å². The molecule has 1 heterocycles. The summed E-state index contributed by atoms with van der Waals surface area (Å²) < 4.78 is 52.6. The molecule has 1 aliphatic rings. The summed E-state index contributed by atoms with van der Waals surface area (Å²) >= 11 is 0. The molecule has 21 heavy (non-hydrogen) atoms. The van der Waals surface area contributed by atoms with E-state index in [1.54, 1.807) is 18.2 Å². The Morgan fingerprint density at radius 3 is 2.57 bits per heavy atom. The molecule has 110 valence electrons. The van der Waals surface area contributed by atoms with Crippen molar-refractivity contribution in [2.24, 2.45) is 0 Å². The minimum absolute atomic E-state index is 0.227. The van der Waals surface area contributed by atoms with Crippen molar-refractivity contribution in [2.45, 2.75) is 11.3 Å². The number of nitrogens with two attached hydrogens (primary N) is 1. The lowest BCUT2D eigenvalue weighted by molar-refractivity contribution is 0.504. The number of nitrogens with zero attached hydrogens (tertiary/aromatic N) is 1. The number of anilines is 2. The molecule has 4 nitrogen and oxygen atoms in total. The van der Waals surface area contributed by atoms with E-state index in [4.69, 9.17) is 5.73 Å². The third-order valence-corrected chi connectivity index (χ3v) is 5.26. The van der Waals surface area contributed by atoms with Gasteiger partial charge in [-0.1, -0.05) is 12.1 Å². The summed E-state index contributed by atoms with van der Waals surface area (Å²) in [6.07, 6.45) is 0.531. The Hall–Kier alpha value is -2.15. The van der Waals surface area contributed by atoms with Gasteiger partial charge in [0.1, 0.15) is 0 Å². The van der Waals surface area contributed by atoms with Crippen LogP contribution in [0.3, 0.4) is 0 Å². The van der Waals surface area contributed by atoms with Crippen LogP contribution in [0.4, 0.5) is 20.2 Å². The second-order valence-corrected chi connectivity index (χ2v) is 6.62. The third kappa shape index (κ3) is 2.13. The minimum atomic E-state index is -3.97. The first kappa shape index (κ1) is 13.8. The Kier molecular flexibility index (Phi) is 3.09. The molecule has 3 rings (SSSR count). The number of benzene rings is 2. The maximum atomic E-state index is 13.3. The summed E-state index contributed by atoms with van der Waals surface area (Å²) in [6.45, 7) is 0.227. The van der Waals surface area contributed by atoms with Crippen LogP contribution in [0, 0.1) is 11.6 Å². The zero-order chi connectivity index (χ0) is 15.2. The van der Waals surface area contributed by atoms with Crippen molar-refractivity contribution in [3.05, 3.63) is 53.6 Å². The van der Waals surface area contributed by atoms with Gasteiger partial charge in [-0.2, -0.15) is 0 Å². The monoisotopic (exact) mass is 310 g/mol. The molecule has 7 heteroatoms. The minimum Gasteiger partial charge on any atom is -0.397 e. The molecule has 2 aromatic carbocycles. The summed E-state index contributed by atoms with van der Waals surface area (Å²) in [5, 5.41) is 0. The van der Waals surface area contributed by atoms with E-state index in [1.165, 1.54) is 0 Å². The molecule has 0 aliphatic carbocycles. The van der Waals surface area contributed by atoms with E-state index < -0.39 is 21.7 Å². The van der Waals surface area contributed by atoms with Gasteiger partial charge in [-0.15, -0.1) is 0 Å². The summed E-state index contributed by atoms with van der Waals surface area (Å²) in [4.78, 5) is -0.294. The predicted molar refractivity (Wildman–Crippen MR) is 75.4 cm³/mol. The van der Waals surface area contributed by atoms with Crippen LogP contribution in [-0.2, 0) is 16.4 Å². The molecular weight excluding hydrogens is 298 g/mol. The highest BCUT2D eigenvalue weighted by Crippen LogP contribution is 2.37. The first-order chi connectivity index (χ1) is 9.91. The highest BCUT2D eigenvalue weighted by molar-refractivity contribution is 7.92. The zero-order valence-electron chi connectivity index (χ0n) is 10.9. The average Bonchev–Trinajstić information content (AvgIpc) is 2.88. The third-order valence-electron chi connectivity index (χ3n) is 3.46. The average molecular weight is 310 g/mol. The van der Waals surface area contributed by atoms with Crippen LogP contribution < -0.4 is 10.0 Å². The molecule has 0 fully saturated rings. The molecule has 0 saturated heterocycles. The molecule has 1 aliphatic heterocycles. The van der Waals surface area contributed by atoms with Crippen molar-refractivity contribution in [2.75, 3.05) is 16.6 Å².